The highest BCUT2D eigenvalue weighted by Crippen LogP contribution is 2.39. The van der Waals surface area contributed by atoms with Gasteiger partial charge in [-0.3, -0.25) is 0 Å². The number of hydrogen-bond donors (Lipinski definition) is 0. The Morgan fingerprint density at radius 3 is 1.44 bits per heavy atom. The molecular weight excluding hydrogens is 591 g/mol. The molecule has 48 heavy (non-hydrogen) atoms. The Balaban J connectivity index is 1.72. The highest BCUT2D eigenvalue weighted by Gasteiger charge is 2.51. The van der Waals surface area contributed by atoms with Crippen molar-refractivity contribution in [2.24, 2.45) is 0 Å². The molecule has 1 aliphatic rings. The van der Waals surface area contributed by atoms with E-state index in [9.17, 15) is 21.0 Å². The van der Waals surface area contributed by atoms with E-state index in [1.807, 2.05) is 131 Å². The molecule has 0 atom stereocenters. The normalized spacial score (nSPS) is 14.7. The summed E-state index contributed by atoms with van der Waals surface area (Å²) in [6, 6.07) is 41.8. The predicted molar refractivity (Wildman–Crippen MR) is 190 cm³/mol. The molecule has 5 rings (SSSR count). The van der Waals surface area contributed by atoms with Crippen LogP contribution in [-0.2, 0) is 9.31 Å². The molecule has 1 aliphatic heterocycles. The quantitative estimate of drug-likeness (QED) is 0.116. The van der Waals surface area contributed by atoms with Gasteiger partial charge in [0.2, 0.25) is 0 Å². The van der Waals surface area contributed by atoms with Crippen LogP contribution in [0.4, 0.5) is 0 Å². The third-order valence-electron chi connectivity index (χ3n) is 8.99. The Hall–Kier alpha value is -5.96. The van der Waals surface area contributed by atoms with Crippen molar-refractivity contribution in [1.29, 1.82) is 21.0 Å². The first-order chi connectivity index (χ1) is 23.0. The number of nitrogens with zero attached hydrogens (tertiary/aromatic N) is 4. The number of nitriles is 4. The first-order valence-electron chi connectivity index (χ1n) is 15.5. The molecule has 0 spiro atoms. The summed E-state index contributed by atoms with van der Waals surface area (Å²) in [6.07, 6.45) is 1.57. The van der Waals surface area contributed by atoms with Crippen molar-refractivity contribution in [1.82, 2.24) is 0 Å². The molecule has 0 saturated carbocycles. The second kappa shape index (κ2) is 13.8. The lowest BCUT2D eigenvalue weighted by atomic mass is 9.77. The number of rotatable bonds is 7. The van der Waals surface area contributed by atoms with E-state index in [-0.39, 0.29) is 11.1 Å². The summed E-state index contributed by atoms with van der Waals surface area (Å²) in [5.74, 6) is 0. The monoisotopic (exact) mass is 624 g/mol. The molecular formula is C41H33BN4O2. The average Bonchev–Trinajstić information content (AvgIpc) is 3.33. The molecule has 0 amide bonds. The molecule has 6 nitrogen and oxygen atoms in total. The van der Waals surface area contributed by atoms with Gasteiger partial charge in [-0.1, -0.05) is 103 Å². The SMILES string of the molecule is CC(=C(C#N)C#N)c1ccc(C(=C(c2ccccc2)c2ccc(C=C(C#N)C#N)cc2)c2ccc(B3OC(C)(C)C(C)(C)O3)cc2)cc1. The van der Waals surface area contributed by atoms with Crippen molar-refractivity contribution >= 4 is 35.4 Å². The minimum Gasteiger partial charge on any atom is -0.399 e. The lowest BCUT2D eigenvalue weighted by molar-refractivity contribution is 0.00578. The fraction of sp³-hybridized carbons (Fsp3) is 0.171. The molecule has 0 unspecified atom stereocenters. The molecule has 0 N–H and O–H groups in total. The fourth-order valence-electron chi connectivity index (χ4n) is 5.53. The lowest BCUT2D eigenvalue weighted by Crippen LogP contribution is -2.41. The van der Waals surface area contributed by atoms with Gasteiger partial charge in [-0.05, 0) is 96.3 Å². The Bertz CT molecular complexity index is 2050. The molecule has 4 aromatic rings. The summed E-state index contributed by atoms with van der Waals surface area (Å²) in [7, 11) is -0.499. The zero-order chi connectivity index (χ0) is 34.5. The van der Waals surface area contributed by atoms with E-state index in [1.54, 1.807) is 13.0 Å². The summed E-state index contributed by atoms with van der Waals surface area (Å²) in [5.41, 5.74) is 8.02. The average molecular weight is 625 g/mol. The van der Waals surface area contributed by atoms with E-state index >= 15 is 0 Å². The van der Waals surface area contributed by atoms with Gasteiger partial charge >= 0.3 is 7.12 Å². The fourth-order valence-corrected chi connectivity index (χ4v) is 5.53. The van der Waals surface area contributed by atoms with Crippen LogP contribution in [0, 0.1) is 45.3 Å². The standard InChI is InChI=1S/C41H33BN4O2/c1-28(36(26-45)27-46)31-15-17-34(18-16-31)39(35-19-21-37(22-20-35)42-47-40(2,3)41(4,5)48-42)38(32-9-7-6-8-10-32)33-13-11-29(12-14-33)23-30(24-43)25-44/h6-23H,1-5H3. The van der Waals surface area contributed by atoms with E-state index in [2.05, 4.69) is 24.3 Å². The van der Waals surface area contributed by atoms with E-state index in [4.69, 9.17) is 9.31 Å². The van der Waals surface area contributed by atoms with Crippen LogP contribution in [0.5, 0.6) is 0 Å². The Morgan fingerprint density at radius 1 is 0.562 bits per heavy atom. The van der Waals surface area contributed by atoms with Crippen LogP contribution in [0.15, 0.2) is 114 Å². The second-order valence-corrected chi connectivity index (χ2v) is 12.5. The molecule has 7 heteroatoms. The zero-order valence-electron chi connectivity index (χ0n) is 27.6. The van der Waals surface area contributed by atoms with E-state index in [0.717, 1.165) is 50.0 Å². The second-order valence-electron chi connectivity index (χ2n) is 12.5. The highest BCUT2D eigenvalue weighted by molar-refractivity contribution is 6.62. The number of allylic oxidation sites excluding steroid dienone is 3. The van der Waals surface area contributed by atoms with Crippen LogP contribution in [-0.4, -0.2) is 18.3 Å². The lowest BCUT2D eigenvalue weighted by Gasteiger charge is -2.32. The first-order valence-corrected chi connectivity index (χ1v) is 15.5. The Kier molecular flexibility index (Phi) is 9.61. The van der Waals surface area contributed by atoms with E-state index in [0.29, 0.717) is 5.57 Å². The van der Waals surface area contributed by atoms with Gasteiger partial charge in [0.25, 0.3) is 0 Å². The molecule has 1 saturated heterocycles. The number of hydrogen-bond acceptors (Lipinski definition) is 6. The van der Waals surface area contributed by atoms with Gasteiger partial charge in [0.15, 0.2) is 0 Å². The summed E-state index contributed by atoms with van der Waals surface area (Å²) >= 11 is 0. The topological polar surface area (TPSA) is 114 Å². The van der Waals surface area contributed by atoms with Crippen LogP contribution >= 0.6 is 0 Å². The summed E-state index contributed by atoms with van der Waals surface area (Å²) in [4.78, 5) is 0. The maximum absolute atomic E-state index is 9.44. The van der Waals surface area contributed by atoms with Gasteiger partial charge < -0.3 is 9.31 Å². The van der Waals surface area contributed by atoms with Crippen molar-refractivity contribution in [3.05, 3.63) is 148 Å². The van der Waals surface area contributed by atoms with E-state index < -0.39 is 18.3 Å². The van der Waals surface area contributed by atoms with Crippen molar-refractivity contribution in [3.63, 3.8) is 0 Å². The Labute approximate surface area is 282 Å². The van der Waals surface area contributed by atoms with Gasteiger partial charge in [-0.2, -0.15) is 21.0 Å². The summed E-state index contributed by atoms with van der Waals surface area (Å²) < 4.78 is 12.6. The molecule has 232 valence electrons. The molecule has 0 aliphatic carbocycles. The maximum atomic E-state index is 9.44. The van der Waals surface area contributed by atoms with Gasteiger partial charge in [0.05, 0.1) is 11.2 Å². The molecule has 1 fully saturated rings. The minimum absolute atomic E-state index is 0.0322. The van der Waals surface area contributed by atoms with Gasteiger partial charge in [-0.15, -0.1) is 0 Å². The highest BCUT2D eigenvalue weighted by atomic mass is 16.7. The molecule has 1 heterocycles. The van der Waals surface area contributed by atoms with Crippen LogP contribution in [0.25, 0.3) is 22.8 Å². The molecule has 0 bridgehead atoms. The van der Waals surface area contributed by atoms with Gasteiger partial charge in [-0.25, -0.2) is 0 Å². The van der Waals surface area contributed by atoms with Crippen molar-refractivity contribution in [2.75, 3.05) is 0 Å². The van der Waals surface area contributed by atoms with Gasteiger partial charge in [0, 0.05) is 0 Å². The third kappa shape index (κ3) is 6.76. The van der Waals surface area contributed by atoms with E-state index in [1.165, 1.54) is 0 Å². The zero-order valence-corrected chi connectivity index (χ0v) is 27.6. The summed E-state index contributed by atoms with van der Waals surface area (Å²) in [5, 5.41) is 37.4. The minimum atomic E-state index is -0.499. The molecule has 4 aromatic carbocycles. The van der Waals surface area contributed by atoms with Crippen molar-refractivity contribution < 1.29 is 9.31 Å². The van der Waals surface area contributed by atoms with Crippen LogP contribution in [0.2, 0.25) is 0 Å². The van der Waals surface area contributed by atoms with Crippen LogP contribution < -0.4 is 5.46 Å². The Morgan fingerprint density at radius 2 is 0.979 bits per heavy atom. The molecule has 0 radical (unpaired) electrons. The summed E-state index contributed by atoms with van der Waals surface area (Å²) in [6.45, 7) is 9.92. The predicted octanol–water partition coefficient (Wildman–Crippen LogP) is 8.24. The van der Waals surface area contributed by atoms with Crippen molar-refractivity contribution in [2.45, 2.75) is 45.8 Å². The smallest absolute Gasteiger partial charge is 0.399 e. The third-order valence-corrected chi connectivity index (χ3v) is 8.99. The first kappa shape index (κ1) is 33.4. The largest absolute Gasteiger partial charge is 0.494 e. The maximum Gasteiger partial charge on any atom is 0.494 e. The van der Waals surface area contributed by atoms with Crippen LogP contribution in [0.3, 0.4) is 0 Å². The van der Waals surface area contributed by atoms with Crippen molar-refractivity contribution in [3.8, 4) is 24.3 Å². The molecule has 0 aromatic heterocycles. The van der Waals surface area contributed by atoms with Crippen LogP contribution in [0.1, 0.15) is 68.0 Å². The van der Waals surface area contributed by atoms with Gasteiger partial charge in [0.1, 0.15) is 35.4 Å². The number of benzene rings is 4.